The molecule has 0 aromatic rings. The number of nitrogens with two attached hydrogens (primary N) is 1. The van der Waals surface area contributed by atoms with E-state index in [4.69, 9.17) is 38.5 Å². The van der Waals surface area contributed by atoms with E-state index < -0.39 is 38.4 Å². The summed E-state index contributed by atoms with van der Waals surface area (Å²) in [6.07, 6.45) is 30.0. The monoisotopic (exact) mass is 966 g/mol. The van der Waals surface area contributed by atoms with Crippen molar-refractivity contribution in [3.8, 4) is 0 Å². The summed E-state index contributed by atoms with van der Waals surface area (Å²) >= 11 is 0. The number of esters is 2. The summed E-state index contributed by atoms with van der Waals surface area (Å²) in [6.45, 7) is 6.35. The number of ether oxygens (including phenoxy) is 5. The van der Waals surface area contributed by atoms with Gasteiger partial charge in [0.15, 0.2) is 6.10 Å². The molecular formula is C49H96N3O13P. The molecule has 0 aliphatic carbocycles. The molecule has 2 unspecified atom stereocenters. The number of hydrogen-bond donors (Lipinski definition) is 4. The molecule has 2 atom stereocenters. The van der Waals surface area contributed by atoms with Crippen molar-refractivity contribution >= 4 is 31.6 Å². The Morgan fingerprint density at radius 1 is 0.470 bits per heavy atom. The van der Waals surface area contributed by atoms with Gasteiger partial charge in [0.1, 0.15) is 6.61 Å². The largest absolute Gasteiger partial charge is 0.472 e. The summed E-state index contributed by atoms with van der Waals surface area (Å²) in [4.78, 5) is 60.0. The molecule has 0 radical (unpaired) electrons. The highest BCUT2D eigenvalue weighted by Crippen LogP contribution is 2.43. The summed E-state index contributed by atoms with van der Waals surface area (Å²) in [5.41, 5.74) is 5.35. The summed E-state index contributed by atoms with van der Waals surface area (Å²) in [5, 5.41) is 5.20. The Balaban J connectivity index is 4.53. The maximum absolute atomic E-state index is 12.8. The third kappa shape index (κ3) is 48.3. The molecule has 66 heavy (non-hydrogen) atoms. The Bertz CT molecular complexity index is 1190. The fourth-order valence-electron chi connectivity index (χ4n) is 7.05. The molecule has 16 nitrogen and oxygen atoms in total. The molecular weight excluding hydrogens is 870 g/mol. The molecule has 0 heterocycles. The molecule has 0 bridgehead atoms. The predicted octanol–water partition coefficient (Wildman–Crippen LogP) is 9.56. The van der Waals surface area contributed by atoms with Gasteiger partial charge >= 0.3 is 19.8 Å². The van der Waals surface area contributed by atoms with Crippen molar-refractivity contribution in [3.63, 3.8) is 0 Å². The second-order valence-corrected chi connectivity index (χ2v) is 18.7. The van der Waals surface area contributed by atoms with Gasteiger partial charge in [0.25, 0.3) is 0 Å². The highest BCUT2D eigenvalue weighted by atomic mass is 31.2. The zero-order valence-corrected chi connectivity index (χ0v) is 42.5. The van der Waals surface area contributed by atoms with Gasteiger partial charge in [-0.2, -0.15) is 0 Å². The minimum atomic E-state index is -4.63. The van der Waals surface area contributed by atoms with E-state index in [1.165, 1.54) is 116 Å². The first-order valence-corrected chi connectivity index (χ1v) is 27.6. The average molecular weight is 966 g/mol. The Morgan fingerprint density at radius 2 is 0.848 bits per heavy atom. The maximum atomic E-state index is 12.8. The molecule has 0 spiro atoms. The van der Waals surface area contributed by atoms with Gasteiger partial charge in [-0.1, -0.05) is 168 Å². The first-order chi connectivity index (χ1) is 32.1. The van der Waals surface area contributed by atoms with Crippen molar-refractivity contribution < 1.29 is 61.4 Å². The Morgan fingerprint density at radius 3 is 1.29 bits per heavy atom. The molecule has 0 aromatic heterocycles. The number of carbonyl (C=O) groups excluding carboxylic acids is 4. The van der Waals surface area contributed by atoms with Gasteiger partial charge in [-0.05, 0) is 12.8 Å². The lowest BCUT2D eigenvalue weighted by Gasteiger charge is -2.20. The normalized spacial score (nSPS) is 12.7. The Kier molecular flexibility index (Phi) is 47.6. The highest BCUT2D eigenvalue weighted by Gasteiger charge is 2.26. The minimum absolute atomic E-state index is 0.0519. The van der Waals surface area contributed by atoms with Crippen LogP contribution < -0.4 is 16.4 Å². The molecule has 0 aliphatic rings. The van der Waals surface area contributed by atoms with Crippen molar-refractivity contribution in [1.29, 1.82) is 0 Å². The zero-order valence-electron chi connectivity index (χ0n) is 41.6. The van der Waals surface area contributed by atoms with Gasteiger partial charge in [-0.15, -0.1) is 0 Å². The van der Waals surface area contributed by atoms with Crippen LogP contribution in [0.5, 0.6) is 0 Å². The lowest BCUT2D eigenvalue weighted by atomic mass is 10.0. The van der Waals surface area contributed by atoms with E-state index in [1.807, 2.05) is 0 Å². The molecule has 0 saturated carbocycles. The van der Waals surface area contributed by atoms with Crippen LogP contribution in [0.3, 0.4) is 0 Å². The van der Waals surface area contributed by atoms with Crippen LogP contribution in [0.2, 0.25) is 0 Å². The SMILES string of the molecule is CCCCCCCCCCCCCCCC(=O)OCC(COP(=O)(O)OCCNC(=O)CCC(=O)NCCOCCOCCOCCN)OC(=O)CCCCCCCCCCCCCCC. The predicted molar refractivity (Wildman–Crippen MR) is 260 cm³/mol. The fraction of sp³-hybridized carbons (Fsp3) is 0.918. The molecule has 2 amide bonds. The van der Waals surface area contributed by atoms with Gasteiger partial charge in [-0.3, -0.25) is 28.2 Å². The fourth-order valence-corrected chi connectivity index (χ4v) is 7.80. The van der Waals surface area contributed by atoms with Crippen molar-refractivity contribution in [1.82, 2.24) is 10.6 Å². The van der Waals surface area contributed by atoms with E-state index in [2.05, 4.69) is 24.5 Å². The van der Waals surface area contributed by atoms with Crippen LogP contribution >= 0.6 is 7.82 Å². The molecule has 17 heteroatoms. The number of phosphoric ester groups is 1. The lowest BCUT2D eigenvalue weighted by Crippen LogP contribution is -2.31. The second-order valence-electron chi connectivity index (χ2n) is 17.2. The molecule has 0 saturated heterocycles. The van der Waals surface area contributed by atoms with Crippen LogP contribution in [0.1, 0.15) is 206 Å². The van der Waals surface area contributed by atoms with Gasteiger partial charge < -0.3 is 44.9 Å². The molecule has 390 valence electrons. The molecule has 0 fully saturated rings. The van der Waals surface area contributed by atoms with Gasteiger partial charge in [0, 0.05) is 45.3 Å². The van der Waals surface area contributed by atoms with E-state index in [0.29, 0.717) is 59.0 Å². The van der Waals surface area contributed by atoms with Crippen molar-refractivity contribution in [2.75, 3.05) is 79.1 Å². The van der Waals surface area contributed by atoms with Crippen LogP contribution in [0, 0.1) is 0 Å². The highest BCUT2D eigenvalue weighted by molar-refractivity contribution is 7.47. The van der Waals surface area contributed by atoms with Crippen LogP contribution in [0.15, 0.2) is 0 Å². The van der Waals surface area contributed by atoms with Crippen LogP contribution in [-0.2, 0) is 56.5 Å². The number of rotatable bonds is 52. The minimum Gasteiger partial charge on any atom is -0.462 e. The number of phosphoric acid groups is 1. The van der Waals surface area contributed by atoms with Crippen molar-refractivity contribution in [2.24, 2.45) is 5.73 Å². The third-order valence-corrected chi connectivity index (χ3v) is 11.9. The van der Waals surface area contributed by atoms with Crippen LogP contribution in [-0.4, -0.2) is 114 Å². The van der Waals surface area contributed by atoms with E-state index in [9.17, 15) is 28.6 Å². The second kappa shape index (κ2) is 49.3. The summed E-state index contributed by atoms with van der Waals surface area (Å²) in [6, 6.07) is 0. The number of nitrogens with one attached hydrogen (secondary N) is 2. The summed E-state index contributed by atoms with van der Waals surface area (Å²) < 4.78 is 49.7. The molecule has 0 rings (SSSR count). The lowest BCUT2D eigenvalue weighted by molar-refractivity contribution is -0.161. The molecule has 0 aliphatic heterocycles. The van der Waals surface area contributed by atoms with Gasteiger partial charge in [0.2, 0.25) is 11.8 Å². The van der Waals surface area contributed by atoms with Gasteiger partial charge in [-0.25, -0.2) is 4.57 Å². The topological polar surface area (TPSA) is 220 Å². The van der Waals surface area contributed by atoms with E-state index in [0.717, 1.165) is 38.5 Å². The third-order valence-electron chi connectivity index (χ3n) is 11.0. The van der Waals surface area contributed by atoms with Crippen LogP contribution in [0.4, 0.5) is 0 Å². The first kappa shape index (κ1) is 63.8. The molecule has 0 aromatic carbocycles. The average Bonchev–Trinajstić information content (AvgIpc) is 3.30. The van der Waals surface area contributed by atoms with Gasteiger partial charge in [0.05, 0.1) is 52.9 Å². The number of carbonyl (C=O) groups is 4. The standard InChI is InChI=1S/C49H96N3O13P/c1-3-5-7-9-11-13-15-17-19-21-23-25-27-29-48(55)62-43-45(65-49(56)30-28-26-24-22-20-18-16-14-12-10-8-6-4-2)44-64-66(57,58)63-38-35-52-47(54)32-31-46(53)51-34-37-60-40-42-61-41-39-59-36-33-50/h45H,3-44,50H2,1-2H3,(H,51,53)(H,52,54)(H,57,58). The number of unbranched alkanes of at least 4 members (excludes halogenated alkanes) is 24. The van der Waals surface area contributed by atoms with Crippen molar-refractivity contribution in [3.05, 3.63) is 0 Å². The van der Waals surface area contributed by atoms with Crippen LogP contribution in [0.25, 0.3) is 0 Å². The Labute approximate surface area is 399 Å². The number of hydrogen-bond acceptors (Lipinski definition) is 13. The summed E-state index contributed by atoms with van der Waals surface area (Å²) in [5.74, 6) is -1.70. The molecule has 5 N–H and O–H groups in total. The summed E-state index contributed by atoms with van der Waals surface area (Å²) in [7, 11) is -4.63. The smallest absolute Gasteiger partial charge is 0.462 e. The van der Waals surface area contributed by atoms with E-state index >= 15 is 0 Å². The van der Waals surface area contributed by atoms with E-state index in [1.54, 1.807) is 0 Å². The quantitative estimate of drug-likeness (QED) is 0.0253. The number of amides is 2. The zero-order chi connectivity index (χ0) is 48.4. The Hall–Kier alpha value is -2.17. The van der Waals surface area contributed by atoms with Crippen molar-refractivity contribution in [2.45, 2.75) is 213 Å². The maximum Gasteiger partial charge on any atom is 0.472 e. The van der Waals surface area contributed by atoms with E-state index in [-0.39, 0.29) is 57.9 Å². The first-order valence-electron chi connectivity index (χ1n) is 26.1.